The lowest BCUT2D eigenvalue weighted by atomic mass is 9.94. The number of nitrogens with zero attached hydrogens (tertiary/aromatic N) is 4. The maximum atomic E-state index is 13.4. The van der Waals surface area contributed by atoms with E-state index in [1.807, 2.05) is 0 Å². The predicted octanol–water partition coefficient (Wildman–Crippen LogP) is 3.60. The maximum absolute atomic E-state index is 13.4. The summed E-state index contributed by atoms with van der Waals surface area (Å²) < 4.78 is 45.0. The summed E-state index contributed by atoms with van der Waals surface area (Å²) in [7, 11) is 0. The number of hydrogen-bond acceptors (Lipinski definition) is 6. The monoisotopic (exact) mass is 475 g/mol. The summed E-state index contributed by atoms with van der Waals surface area (Å²) in [6.07, 6.45) is -4.09. The van der Waals surface area contributed by atoms with Crippen molar-refractivity contribution in [3.63, 3.8) is 0 Å². The van der Waals surface area contributed by atoms with Gasteiger partial charge in [-0.15, -0.1) is 0 Å². The first-order chi connectivity index (χ1) is 15.6. The van der Waals surface area contributed by atoms with E-state index in [1.54, 1.807) is 30.0 Å². The minimum atomic E-state index is -4.82. The molecule has 1 atom stereocenters. The minimum Gasteiger partial charge on any atom is -0.450 e. The molecule has 4 rings (SSSR count). The van der Waals surface area contributed by atoms with Gasteiger partial charge in [-0.3, -0.25) is 15.0 Å². The fourth-order valence-corrected chi connectivity index (χ4v) is 4.25. The average Bonchev–Trinajstić information content (AvgIpc) is 3.00. The van der Waals surface area contributed by atoms with E-state index in [2.05, 4.69) is 10.3 Å². The van der Waals surface area contributed by atoms with E-state index in [9.17, 15) is 22.8 Å². The van der Waals surface area contributed by atoms with E-state index in [4.69, 9.17) is 22.2 Å². The maximum Gasteiger partial charge on any atom is 0.419 e. The molecular weight excluding hydrogens is 459 g/mol. The van der Waals surface area contributed by atoms with Crippen LogP contribution in [0.3, 0.4) is 0 Å². The molecule has 2 amide bonds. The van der Waals surface area contributed by atoms with Crippen LogP contribution in [0.4, 0.5) is 29.3 Å². The van der Waals surface area contributed by atoms with Gasteiger partial charge in [-0.25, -0.2) is 9.78 Å². The minimum absolute atomic E-state index is 0.0408. The molecule has 2 aromatic rings. The van der Waals surface area contributed by atoms with Gasteiger partial charge in [0.1, 0.15) is 12.1 Å². The second kappa shape index (κ2) is 8.32. The van der Waals surface area contributed by atoms with E-state index in [-0.39, 0.29) is 24.0 Å². The third-order valence-electron chi connectivity index (χ3n) is 5.34. The number of nitrogens with one attached hydrogen (secondary N) is 1. The van der Waals surface area contributed by atoms with Gasteiger partial charge in [0.15, 0.2) is 10.8 Å². The van der Waals surface area contributed by atoms with Crippen molar-refractivity contribution in [3.05, 3.63) is 52.8 Å². The lowest BCUT2D eigenvalue weighted by Gasteiger charge is -2.30. The van der Waals surface area contributed by atoms with Crippen molar-refractivity contribution in [1.29, 1.82) is 5.26 Å². The normalized spacial score (nSPS) is 17.4. The van der Waals surface area contributed by atoms with Crippen LogP contribution in [-0.4, -0.2) is 39.6 Å². The second-order valence-electron chi connectivity index (χ2n) is 7.33. The summed E-state index contributed by atoms with van der Waals surface area (Å²) in [5.41, 5.74) is 0.00472. The molecule has 33 heavy (non-hydrogen) atoms. The highest BCUT2D eigenvalue weighted by Gasteiger charge is 2.46. The molecule has 2 aliphatic rings. The summed E-state index contributed by atoms with van der Waals surface area (Å²) in [6, 6.07) is 6.64. The molecule has 1 N–H and O–H groups in total. The number of anilines is 2. The van der Waals surface area contributed by atoms with Gasteiger partial charge >= 0.3 is 12.3 Å². The van der Waals surface area contributed by atoms with Crippen molar-refractivity contribution in [2.45, 2.75) is 32.1 Å². The highest BCUT2D eigenvalue weighted by Crippen LogP contribution is 2.37. The molecule has 1 aromatic carbocycles. The number of hydrogen-bond donors (Lipinski definition) is 1. The number of alkyl halides is 3. The van der Waals surface area contributed by atoms with Crippen LogP contribution in [-0.2, 0) is 28.7 Å². The number of pyridine rings is 1. The number of carbonyl (C=O) groups excluding carboxylic acids is 2. The van der Waals surface area contributed by atoms with E-state index in [0.717, 1.165) is 22.2 Å². The zero-order chi connectivity index (χ0) is 23.9. The third kappa shape index (κ3) is 4.07. The average molecular weight is 475 g/mol. The Hall–Kier alpha value is -3.72. The molecule has 0 aliphatic carbocycles. The Morgan fingerprint density at radius 3 is 2.79 bits per heavy atom. The van der Waals surface area contributed by atoms with Gasteiger partial charge in [0.05, 0.1) is 24.1 Å². The Morgan fingerprint density at radius 1 is 1.36 bits per heavy atom. The number of ether oxygens (including phenoxy) is 1. The van der Waals surface area contributed by atoms with Crippen molar-refractivity contribution in [2.75, 3.05) is 16.8 Å². The van der Waals surface area contributed by atoms with Gasteiger partial charge in [0.25, 0.3) is 5.91 Å². The summed E-state index contributed by atoms with van der Waals surface area (Å²) in [6.45, 7) is 2.14. The molecule has 0 spiro atoms. The first-order valence-corrected chi connectivity index (χ1v) is 10.2. The van der Waals surface area contributed by atoms with Crippen LogP contribution < -0.4 is 10.2 Å². The highest BCUT2D eigenvalue weighted by molar-refractivity contribution is 7.80. The first kappa shape index (κ1) is 22.5. The fourth-order valence-electron chi connectivity index (χ4n) is 3.86. The molecular formula is C21H16F3N5O3S. The topological polar surface area (TPSA) is 98.6 Å². The second-order valence-corrected chi connectivity index (χ2v) is 7.70. The summed E-state index contributed by atoms with van der Waals surface area (Å²) in [4.78, 5) is 31.0. The van der Waals surface area contributed by atoms with Gasteiger partial charge < -0.3 is 9.64 Å². The molecule has 0 saturated carbocycles. The van der Waals surface area contributed by atoms with Crippen molar-refractivity contribution in [2.24, 2.45) is 0 Å². The predicted molar refractivity (Wildman–Crippen MR) is 114 cm³/mol. The first-order valence-electron chi connectivity index (χ1n) is 9.81. The molecule has 12 heteroatoms. The van der Waals surface area contributed by atoms with Crippen LogP contribution in [0.2, 0.25) is 0 Å². The molecule has 1 aromatic heterocycles. The van der Waals surface area contributed by atoms with Crippen molar-refractivity contribution in [3.8, 4) is 6.07 Å². The van der Waals surface area contributed by atoms with Gasteiger partial charge in [0, 0.05) is 18.7 Å². The van der Waals surface area contributed by atoms with Crippen LogP contribution in [0.25, 0.3) is 0 Å². The van der Waals surface area contributed by atoms with E-state index >= 15 is 0 Å². The molecule has 2 aliphatic heterocycles. The quantitative estimate of drug-likeness (QED) is 0.678. The summed E-state index contributed by atoms with van der Waals surface area (Å²) in [5, 5.41) is 11.6. The highest BCUT2D eigenvalue weighted by atomic mass is 32.1. The number of thiocarbonyl (C=S) groups is 1. The molecule has 1 fully saturated rings. The van der Waals surface area contributed by atoms with E-state index in [1.165, 1.54) is 6.07 Å². The zero-order valence-corrected chi connectivity index (χ0v) is 18.0. The number of halogens is 3. The van der Waals surface area contributed by atoms with Crippen molar-refractivity contribution in [1.82, 2.24) is 9.88 Å². The zero-order valence-electron chi connectivity index (χ0n) is 17.1. The molecule has 8 nitrogen and oxygen atoms in total. The van der Waals surface area contributed by atoms with Crippen LogP contribution in [0, 0.1) is 11.3 Å². The molecule has 3 heterocycles. The third-order valence-corrected chi connectivity index (χ3v) is 5.76. The Bertz CT molecular complexity index is 1210. The fraction of sp³-hybridized carbons (Fsp3) is 0.286. The number of rotatable bonds is 3. The van der Waals surface area contributed by atoms with Crippen LogP contribution >= 0.6 is 12.2 Å². The van der Waals surface area contributed by atoms with Gasteiger partial charge in [-0.2, -0.15) is 18.4 Å². The summed E-state index contributed by atoms with van der Waals surface area (Å²) >= 11 is 5.43. The number of carbonyl (C=O) groups is 2. The van der Waals surface area contributed by atoms with Gasteiger partial charge in [-0.05, 0) is 48.5 Å². The van der Waals surface area contributed by atoms with E-state index in [0.29, 0.717) is 18.2 Å². The number of fused-ring (bicyclic) bond motifs is 2. The number of nitriles is 1. The molecule has 0 bridgehead atoms. The number of amides is 2. The smallest absolute Gasteiger partial charge is 0.419 e. The van der Waals surface area contributed by atoms with Gasteiger partial charge in [-0.1, -0.05) is 6.07 Å². The molecule has 1 saturated heterocycles. The van der Waals surface area contributed by atoms with Gasteiger partial charge in [0.2, 0.25) is 0 Å². The lowest BCUT2D eigenvalue weighted by Crippen LogP contribution is -2.40. The standard InChI is InChI=1S/C21H16F3N5O3S/c1-2-32-19(31)27-13-4-3-11-6-17-18(30)29(20(33)28(17)10-12(11)5-13)14-7-15(21(22,23)24)16(8-25)26-9-14/h3-5,7,9,17H,2,6,10H2,1H3,(H,27,31). The molecule has 0 radical (unpaired) electrons. The summed E-state index contributed by atoms with van der Waals surface area (Å²) in [5.74, 6) is -0.473. The van der Waals surface area contributed by atoms with Crippen LogP contribution in [0.5, 0.6) is 0 Å². The number of aromatic nitrogens is 1. The SMILES string of the molecule is CCOC(=O)Nc1ccc2c(c1)CN1C(=S)N(c3cnc(C#N)c(C(F)(F)F)c3)C(=O)C1C2. The largest absolute Gasteiger partial charge is 0.450 e. The Balaban J connectivity index is 1.63. The Morgan fingerprint density at radius 2 is 2.12 bits per heavy atom. The Labute approximate surface area is 191 Å². The molecule has 170 valence electrons. The van der Waals surface area contributed by atoms with E-state index < -0.39 is 35.5 Å². The van der Waals surface area contributed by atoms with Crippen LogP contribution in [0.15, 0.2) is 30.5 Å². The Kier molecular flexibility index (Phi) is 5.67. The lowest BCUT2D eigenvalue weighted by molar-refractivity contribution is -0.138. The molecule has 1 unspecified atom stereocenters. The van der Waals surface area contributed by atoms with Crippen molar-refractivity contribution >= 4 is 40.7 Å². The van der Waals surface area contributed by atoms with Crippen molar-refractivity contribution < 1.29 is 27.5 Å². The number of benzene rings is 1. The van der Waals surface area contributed by atoms with Crippen LogP contribution in [0.1, 0.15) is 29.3 Å².